The molecule has 0 saturated carbocycles. The third kappa shape index (κ3) is 6.76. The number of halogens is 1. The van der Waals surface area contributed by atoms with Crippen LogP contribution in [0.15, 0.2) is 41.9 Å². The number of ether oxygens (including phenoxy) is 1. The van der Waals surface area contributed by atoms with Gasteiger partial charge in [0, 0.05) is 12.1 Å². The van der Waals surface area contributed by atoms with Crippen molar-refractivity contribution in [3.05, 3.63) is 47.5 Å². The zero-order chi connectivity index (χ0) is 17.0. The van der Waals surface area contributed by atoms with Crippen LogP contribution < -0.4 is 5.32 Å². The van der Waals surface area contributed by atoms with Crippen LogP contribution >= 0.6 is 11.6 Å². The topological polar surface area (TPSA) is 50.7 Å². The summed E-state index contributed by atoms with van der Waals surface area (Å²) in [6.07, 6.45) is 1.75. The number of alkyl carbamates (subject to hydrolysis) is 1. The number of benzene rings is 1. The highest BCUT2D eigenvalue weighted by Crippen LogP contribution is 2.13. The number of aliphatic imine (C=N–C) groups is 1. The Morgan fingerprint density at radius 1 is 1.41 bits per heavy atom. The van der Waals surface area contributed by atoms with Crippen LogP contribution in [0.25, 0.3) is 0 Å². The van der Waals surface area contributed by atoms with Gasteiger partial charge in [-0.05, 0) is 24.1 Å². The molecule has 0 aliphatic heterocycles. The Bertz CT molecular complexity index is 484. The fourth-order valence-corrected chi connectivity index (χ4v) is 1.92. The lowest BCUT2D eigenvalue weighted by Gasteiger charge is -2.19. The molecule has 1 N–H and O–H groups in total. The van der Waals surface area contributed by atoms with E-state index in [9.17, 15) is 4.79 Å². The predicted octanol–water partition coefficient (Wildman–Crippen LogP) is 4.48. The Morgan fingerprint density at radius 2 is 2.00 bits per heavy atom. The van der Waals surface area contributed by atoms with E-state index in [1.807, 2.05) is 32.9 Å². The van der Waals surface area contributed by atoms with E-state index in [2.05, 4.69) is 16.9 Å². The van der Waals surface area contributed by atoms with Gasteiger partial charge in [0.25, 0.3) is 0 Å². The van der Waals surface area contributed by atoms with Gasteiger partial charge < -0.3 is 10.1 Å². The SMILES string of the molecule is C=CCOC(=O)NC(CC)C(=NC)c1ccc(Cl)cc1.CC. The fourth-order valence-electron chi connectivity index (χ4n) is 1.79. The van der Waals surface area contributed by atoms with Crippen LogP contribution in [0.5, 0.6) is 0 Å². The summed E-state index contributed by atoms with van der Waals surface area (Å²) < 4.78 is 4.93. The molecule has 0 aliphatic carbocycles. The number of hydrogen-bond donors (Lipinski definition) is 1. The van der Waals surface area contributed by atoms with Crippen molar-refractivity contribution in [2.45, 2.75) is 33.2 Å². The molecule has 1 aromatic rings. The van der Waals surface area contributed by atoms with Crippen LogP contribution in [-0.2, 0) is 4.74 Å². The molecule has 0 heterocycles. The van der Waals surface area contributed by atoms with E-state index in [0.29, 0.717) is 11.4 Å². The largest absolute Gasteiger partial charge is 0.445 e. The normalized spacial score (nSPS) is 11.8. The summed E-state index contributed by atoms with van der Waals surface area (Å²) in [4.78, 5) is 15.9. The molecular weight excluding hydrogens is 300 g/mol. The van der Waals surface area contributed by atoms with Gasteiger partial charge in [0.05, 0.1) is 11.8 Å². The average Bonchev–Trinajstić information content (AvgIpc) is 2.56. The van der Waals surface area contributed by atoms with E-state index >= 15 is 0 Å². The highest BCUT2D eigenvalue weighted by Gasteiger charge is 2.18. The summed E-state index contributed by atoms with van der Waals surface area (Å²) in [6.45, 7) is 9.65. The quantitative estimate of drug-likeness (QED) is 0.619. The van der Waals surface area contributed by atoms with Gasteiger partial charge in [-0.25, -0.2) is 4.79 Å². The van der Waals surface area contributed by atoms with Crippen molar-refractivity contribution in [2.75, 3.05) is 13.7 Å². The molecule has 0 radical (unpaired) electrons. The van der Waals surface area contributed by atoms with E-state index in [1.54, 1.807) is 19.2 Å². The minimum absolute atomic E-state index is 0.182. The number of nitrogens with one attached hydrogen (secondary N) is 1. The van der Waals surface area contributed by atoms with Crippen molar-refractivity contribution in [2.24, 2.45) is 4.99 Å². The minimum Gasteiger partial charge on any atom is -0.445 e. The Labute approximate surface area is 138 Å². The van der Waals surface area contributed by atoms with Gasteiger partial charge in [-0.3, -0.25) is 4.99 Å². The highest BCUT2D eigenvalue weighted by molar-refractivity contribution is 6.30. The maximum atomic E-state index is 11.6. The lowest BCUT2D eigenvalue weighted by Crippen LogP contribution is -2.41. The van der Waals surface area contributed by atoms with Crippen LogP contribution in [0.4, 0.5) is 4.79 Å². The fraction of sp³-hybridized carbons (Fsp3) is 0.412. The van der Waals surface area contributed by atoms with Gasteiger partial charge in [0.15, 0.2) is 0 Å². The Hall–Kier alpha value is -1.81. The molecule has 1 amide bonds. The van der Waals surface area contributed by atoms with Crippen LogP contribution in [0, 0.1) is 0 Å². The molecule has 0 aromatic heterocycles. The molecule has 4 nitrogen and oxygen atoms in total. The average molecular weight is 325 g/mol. The first-order valence-corrected chi connectivity index (χ1v) is 7.77. The van der Waals surface area contributed by atoms with Crippen LogP contribution in [0.2, 0.25) is 5.02 Å². The van der Waals surface area contributed by atoms with Gasteiger partial charge in [-0.2, -0.15) is 0 Å². The summed E-state index contributed by atoms with van der Waals surface area (Å²) in [5.41, 5.74) is 1.72. The number of rotatable bonds is 6. The molecule has 0 saturated heterocycles. The summed E-state index contributed by atoms with van der Waals surface area (Å²) in [7, 11) is 1.70. The van der Waals surface area contributed by atoms with Gasteiger partial charge in [-0.15, -0.1) is 0 Å². The number of nitrogens with zero attached hydrogens (tertiary/aromatic N) is 1. The molecule has 1 unspecified atom stereocenters. The standard InChI is InChI=1S/C15H19ClN2O2.C2H6/c1-4-10-20-15(19)18-13(5-2)14(17-3)11-6-8-12(16)9-7-11;1-2/h4,6-9,13H,1,5,10H2,2-3H3,(H,18,19);1-2H3. The molecule has 0 bridgehead atoms. The number of carbonyl (C=O) groups is 1. The smallest absolute Gasteiger partial charge is 0.407 e. The van der Waals surface area contributed by atoms with Crippen molar-refractivity contribution >= 4 is 23.4 Å². The van der Waals surface area contributed by atoms with Crippen molar-refractivity contribution in [1.29, 1.82) is 0 Å². The zero-order valence-corrected chi connectivity index (χ0v) is 14.5. The molecular formula is C17H25ClN2O2. The number of carbonyl (C=O) groups excluding carboxylic acids is 1. The molecule has 1 rings (SSSR count). The molecule has 122 valence electrons. The van der Waals surface area contributed by atoms with Crippen molar-refractivity contribution in [1.82, 2.24) is 5.32 Å². The summed E-state index contributed by atoms with van der Waals surface area (Å²) in [5.74, 6) is 0. The number of amides is 1. The lowest BCUT2D eigenvalue weighted by molar-refractivity contribution is 0.156. The van der Waals surface area contributed by atoms with Crippen molar-refractivity contribution in [3.63, 3.8) is 0 Å². The van der Waals surface area contributed by atoms with E-state index in [0.717, 1.165) is 11.3 Å². The maximum absolute atomic E-state index is 11.6. The summed E-state index contributed by atoms with van der Waals surface area (Å²) in [5, 5.41) is 3.46. The van der Waals surface area contributed by atoms with Gasteiger partial charge in [0.2, 0.25) is 0 Å². The van der Waals surface area contributed by atoms with E-state index < -0.39 is 6.09 Å². The molecule has 0 spiro atoms. The Balaban J connectivity index is 0.00000211. The molecule has 1 aromatic carbocycles. The zero-order valence-electron chi connectivity index (χ0n) is 13.7. The maximum Gasteiger partial charge on any atom is 0.407 e. The predicted molar refractivity (Wildman–Crippen MR) is 94.0 cm³/mol. The first kappa shape index (κ1) is 20.2. The van der Waals surface area contributed by atoms with E-state index in [1.165, 1.54) is 6.08 Å². The third-order valence-corrected chi connectivity index (χ3v) is 3.00. The molecule has 0 aliphatic rings. The first-order valence-electron chi connectivity index (χ1n) is 7.39. The Morgan fingerprint density at radius 3 is 2.45 bits per heavy atom. The van der Waals surface area contributed by atoms with Gasteiger partial charge in [0.1, 0.15) is 6.61 Å². The van der Waals surface area contributed by atoms with Crippen molar-refractivity contribution in [3.8, 4) is 0 Å². The summed E-state index contributed by atoms with van der Waals surface area (Å²) >= 11 is 5.88. The second kappa shape index (κ2) is 11.8. The summed E-state index contributed by atoms with van der Waals surface area (Å²) in [6, 6.07) is 7.14. The Kier molecular flexibility index (Phi) is 10.8. The molecule has 22 heavy (non-hydrogen) atoms. The third-order valence-electron chi connectivity index (χ3n) is 2.74. The van der Waals surface area contributed by atoms with Crippen LogP contribution in [0.3, 0.4) is 0 Å². The van der Waals surface area contributed by atoms with Crippen LogP contribution in [-0.4, -0.2) is 31.5 Å². The van der Waals surface area contributed by atoms with Gasteiger partial charge >= 0.3 is 6.09 Å². The molecule has 1 atom stereocenters. The molecule has 0 fully saturated rings. The highest BCUT2D eigenvalue weighted by atomic mass is 35.5. The van der Waals surface area contributed by atoms with E-state index in [4.69, 9.17) is 16.3 Å². The minimum atomic E-state index is -0.480. The van der Waals surface area contributed by atoms with Gasteiger partial charge in [-0.1, -0.05) is 57.2 Å². The van der Waals surface area contributed by atoms with Crippen LogP contribution in [0.1, 0.15) is 32.8 Å². The second-order valence-corrected chi connectivity index (χ2v) is 4.54. The lowest BCUT2D eigenvalue weighted by atomic mass is 10.0. The first-order chi connectivity index (χ1) is 10.6. The van der Waals surface area contributed by atoms with Crippen molar-refractivity contribution < 1.29 is 9.53 Å². The number of hydrogen-bond acceptors (Lipinski definition) is 3. The van der Waals surface area contributed by atoms with E-state index in [-0.39, 0.29) is 12.6 Å². The monoisotopic (exact) mass is 324 g/mol. The second-order valence-electron chi connectivity index (χ2n) is 4.11. The molecule has 5 heteroatoms.